The van der Waals surface area contributed by atoms with Gasteiger partial charge in [-0.25, -0.2) is 4.39 Å². The third kappa shape index (κ3) is 1.80. The molecule has 0 unspecified atom stereocenters. The van der Waals surface area contributed by atoms with E-state index in [0.29, 0.717) is 9.13 Å². The van der Waals surface area contributed by atoms with Gasteiger partial charge in [0.2, 0.25) is 0 Å². The van der Waals surface area contributed by atoms with Crippen LogP contribution in [0.3, 0.4) is 0 Å². The van der Waals surface area contributed by atoms with Crippen LogP contribution in [0.15, 0.2) is 48.5 Å². The third-order valence-corrected chi connectivity index (χ3v) is 2.87. The summed E-state index contributed by atoms with van der Waals surface area (Å²) < 4.78 is 14.3. The van der Waals surface area contributed by atoms with Crippen molar-refractivity contribution in [3.05, 3.63) is 57.9 Å². The van der Waals surface area contributed by atoms with Gasteiger partial charge in [0.1, 0.15) is 5.82 Å². The molecule has 0 aliphatic heterocycles. The van der Waals surface area contributed by atoms with Gasteiger partial charge in [-0.1, -0.05) is 42.5 Å². The number of hydrogen-bond donors (Lipinski definition) is 0. The first kappa shape index (κ1) is 9.65. The summed E-state index contributed by atoms with van der Waals surface area (Å²) in [7, 11) is 0. The monoisotopic (exact) mass is 298 g/mol. The van der Waals surface area contributed by atoms with Crippen LogP contribution in [0.2, 0.25) is 0 Å². The second-order valence-electron chi connectivity index (χ2n) is 2.97. The van der Waals surface area contributed by atoms with Gasteiger partial charge in [0.15, 0.2) is 0 Å². The zero-order valence-corrected chi connectivity index (χ0v) is 9.53. The molecule has 0 amide bonds. The molecule has 0 aromatic heterocycles. The summed E-state index contributed by atoms with van der Waals surface area (Å²) >= 11 is 2.00. The zero-order chi connectivity index (χ0) is 9.97. The highest BCUT2D eigenvalue weighted by atomic mass is 127. The molecule has 0 heterocycles. The summed E-state index contributed by atoms with van der Waals surface area (Å²) in [4.78, 5) is 0. The molecule has 0 fully saturated rings. The predicted octanol–water partition coefficient (Wildman–Crippen LogP) is 4.10. The van der Waals surface area contributed by atoms with Gasteiger partial charge in [-0.05, 0) is 34.2 Å². The van der Waals surface area contributed by atoms with E-state index in [4.69, 9.17) is 0 Å². The molecular formula is C12H8FI. The molecule has 0 aliphatic carbocycles. The standard InChI is InChI=1S/C12H8FI/c13-12-10(7-4-8-11(12)14)9-5-2-1-3-6-9/h1-8H. The Labute approximate surface area is 95.9 Å². The fourth-order valence-corrected chi connectivity index (χ4v) is 1.84. The van der Waals surface area contributed by atoms with Crippen LogP contribution in [0.5, 0.6) is 0 Å². The largest absolute Gasteiger partial charge is 0.205 e. The van der Waals surface area contributed by atoms with E-state index in [2.05, 4.69) is 0 Å². The van der Waals surface area contributed by atoms with Crippen LogP contribution in [0, 0.1) is 9.39 Å². The summed E-state index contributed by atoms with van der Waals surface area (Å²) in [5.74, 6) is -0.140. The topological polar surface area (TPSA) is 0 Å². The predicted molar refractivity (Wildman–Crippen MR) is 64.6 cm³/mol. The molecule has 2 heteroatoms. The van der Waals surface area contributed by atoms with E-state index in [1.165, 1.54) is 0 Å². The van der Waals surface area contributed by atoms with Crippen LogP contribution >= 0.6 is 22.6 Å². The Morgan fingerprint density at radius 1 is 0.857 bits per heavy atom. The number of rotatable bonds is 1. The highest BCUT2D eigenvalue weighted by Crippen LogP contribution is 2.25. The third-order valence-electron chi connectivity index (χ3n) is 2.04. The lowest BCUT2D eigenvalue weighted by Gasteiger charge is -2.03. The number of benzene rings is 2. The first-order chi connectivity index (χ1) is 6.79. The van der Waals surface area contributed by atoms with Gasteiger partial charge in [0.05, 0.1) is 0 Å². The molecule has 0 saturated heterocycles. The van der Waals surface area contributed by atoms with E-state index < -0.39 is 0 Å². The number of halogens is 2. The lowest BCUT2D eigenvalue weighted by molar-refractivity contribution is 0.624. The Hall–Kier alpha value is -0.900. The summed E-state index contributed by atoms with van der Waals surface area (Å²) in [6.07, 6.45) is 0. The van der Waals surface area contributed by atoms with Gasteiger partial charge in [0, 0.05) is 9.13 Å². The van der Waals surface area contributed by atoms with Crippen molar-refractivity contribution in [3.8, 4) is 11.1 Å². The van der Waals surface area contributed by atoms with Crippen LogP contribution in [0.4, 0.5) is 4.39 Å². The van der Waals surface area contributed by atoms with Crippen LogP contribution in [-0.2, 0) is 0 Å². The summed E-state index contributed by atoms with van der Waals surface area (Å²) in [6, 6.07) is 15.0. The highest BCUT2D eigenvalue weighted by molar-refractivity contribution is 14.1. The fourth-order valence-electron chi connectivity index (χ4n) is 1.34. The molecule has 2 aromatic carbocycles. The quantitative estimate of drug-likeness (QED) is 0.695. The van der Waals surface area contributed by atoms with Crippen molar-refractivity contribution in [1.29, 1.82) is 0 Å². The van der Waals surface area contributed by atoms with E-state index in [-0.39, 0.29) is 5.82 Å². The van der Waals surface area contributed by atoms with E-state index in [9.17, 15) is 4.39 Å². The van der Waals surface area contributed by atoms with Gasteiger partial charge in [-0.3, -0.25) is 0 Å². The van der Waals surface area contributed by atoms with Gasteiger partial charge >= 0.3 is 0 Å². The maximum atomic E-state index is 13.7. The average molecular weight is 298 g/mol. The zero-order valence-electron chi connectivity index (χ0n) is 7.37. The average Bonchev–Trinajstić information content (AvgIpc) is 2.23. The Kier molecular flexibility index (Phi) is 2.82. The van der Waals surface area contributed by atoms with E-state index in [0.717, 1.165) is 5.56 Å². The molecule has 2 aromatic rings. The van der Waals surface area contributed by atoms with E-state index >= 15 is 0 Å². The van der Waals surface area contributed by atoms with Crippen molar-refractivity contribution >= 4 is 22.6 Å². The molecule has 14 heavy (non-hydrogen) atoms. The molecule has 0 radical (unpaired) electrons. The first-order valence-corrected chi connectivity index (χ1v) is 5.36. The van der Waals surface area contributed by atoms with Gasteiger partial charge in [-0.15, -0.1) is 0 Å². The molecular weight excluding hydrogens is 290 g/mol. The van der Waals surface area contributed by atoms with Crippen molar-refractivity contribution < 1.29 is 4.39 Å². The van der Waals surface area contributed by atoms with Crippen LogP contribution in [0.1, 0.15) is 0 Å². The van der Waals surface area contributed by atoms with Crippen LogP contribution in [0.25, 0.3) is 11.1 Å². The molecule has 0 aliphatic rings. The Balaban J connectivity index is 2.58. The van der Waals surface area contributed by atoms with Gasteiger partial charge in [0.25, 0.3) is 0 Å². The van der Waals surface area contributed by atoms with Crippen molar-refractivity contribution in [2.24, 2.45) is 0 Å². The molecule has 70 valence electrons. The molecule has 0 atom stereocenters. The van der Waals surface area contributed by atoms with Crippen molar-refractivity contribution in [2.45, 2.75) is 0 Å². The maximum absolute atomic E-state index is 13.7. The molecule has 0 saturated carbocycles. The number of hydrogen-bond acceptors (Lipinski definition) is 0. The summed E-state index contributed by atoms with van der Waals surface area (Å²) in [5, 5.41) is 0. The SMILES string of the molecule is Fc1c(I)cccc1-c1ccccc1. The molecule has 2 rings (SSSR count). The van der Waals surface area contributed by atoms with E-state index in [1.807, 2.05) is 59.0 Å². The Morgan fingerprint density at radius 3 is 2.29 bits per heavy atom. The smallest absolute Gasteiger partial charge is 0.144 e. The molecule has 0 spiro atoms. The molecule has 0 bridgehead atoms. The van der Waals surface area contributed by atoms with E-state index in [1.54, 1.807) is 12.1 Å². The first-order valence-electron chi connectivity index (χ1n) is 4.28. The van der Waals surface area contributed by atoms with Gasteiger partial charge < -0.3 is 0 Å². The molecule has 0 nitrogen and oxygen atoms in total. The highest BCUT2D eigenvalue weighted by Gasteiger charge is 2.06. The molecule has 0 N–H and O–H groups in total. The maximum Gasteiger partial charge on any atom is 0.144 e. The Bertz CT molecular complexity index is 437. The van der Waals surface area contributed by atoms with Crippen LogP contribution < -0.4 is 0 Å². The normalized spacial score (nSPS) is 10.1. The minimum absolute atomic E-state index is 0.140. The lowest BCUT2D eigenvalue weighted by Crippen LogP contribution is -1.86. The minimum atomic E-state index is -0.140. The Morgan fingerprint density at radius 2 is 1.57 bits per heavy atom. The second-order valence-corrected chi connectivity index (χ2v) is 4.13. The fraction of sp³-hybridized carbons (Fsp3) is 0. The lowest BCUT2D eigenvalue weighted by atomic mass is 10.1. The van der Waals surface area contributed by atoms with Crippen molar-refractivity contribution in [3.63, 3.8) is 0 Å². The summed E-state index contributed by atoms with van der Waals surface area (Å²) in [5.41, 5.74) is 1.58. The summed E-state index contributed by atoms with van der Waals surface area (Å²) in [6.45, 7) is 0. The van der Waals surface area contributed by atoms with Crippen molar-refractivity contribution in [1.82, 2.24) is 0 Å². The minimum Gasteiger partial charge on any atom is -0.205 e. The van der Waals surface area contributed by atoms with Crippen LogP contribution in [-0.4, -0.2) is 0 Å². The van der Waals surface area contributed by atoms with Crippen molar-refractivity contribution in [2.75, 3.05) is 0 Å². The van der Waals surface area contributed by atoms with Gasteiger partial charge in [-0.2, -0.15) is 0 Å². The second kappa shape index (κ2) is 4.09.